The molecule has 14 heavy (non-hydrogen) atoms. The van der Waals surface area contributed by atoms with Crippen LogP contribution in [0, 0.1) is 0 Å². The number of carboxylic acids is 1. The van der Waals surface area contributed by atoms with E-state index in [1.54, 1.807) is 0 Å². The second-order valence-corrected chi connectivity index (χ2v) is 4.81. The number of nitrogens with zero attached hydrogens (tertiary/aromatic N) is 1. The summed E-state index contributed by atoms with van der Waals surface area (Å²) in [4.78, 5) is 24.4. The van der Waals surface area contributed by atoms with Crippen molar-refractivity contribution >= 4 is 23.5 Å². The van der Waals surface area contributed by atoms with Crippen molar-refractivity contribution in [2.75, 3.05) is 12.3 Å². The fourth-order valence-electron chi connectivity index (χ4n) is 2.02. The largest absolute Gasteiger partial charge is 0.480 e. The Labute approximate surface area is 86.6 Å². The van der Waals surface area contributed by atoms with Crippen LogP contribution in [-0.2, 0) is 9.59 Å². The Bertz CT molecular complexity index is 269. The van der Waals surface area contributed by atoms with Crippen LogP contribution >= 0.6 is 11.8 Å². The van der Waals surface area contributed by atoms with E-state index in [0.717, 1.165) is 19.4 Å². The molecule has 0 saturated carbocycles. The SMILES string of the molecule is O=C(O)C1CSC2C(=O)CCCCN12. The van der Waals surface area contributed by atoms with Gasteiger partial charge in [0.05, 0.1) is 0 Å². The van der Waals surface area contributed by atoms with E-state index < -0.39 is 12.0 Å². The van der Waals surface area contributed by atoms with Gasteiger partial charge in [-0.3, -0.25) is 14.5 Å². The quantitative estimate of drug-likeness (QED) is 0.693. The third kappa shape index (κ3) is 1.66. The van der Waals surface area contributed by atoms with E-state index in [1.165, 1.54) is 11.8 Å². The van der Waals surface area contributed by atoms with Crippen molar-refractivity contribution in [3.8, 4) is 0 Å². The predicted molar refractivity (Wildman–Crippen MR) is 53.2 cm³/mol. The molecule has 2 aliphatic heterocycles. The first-order valence-electron chi connectivity index (χ1n) is 4.83. The van der Waals surface area contributed by atoms with Gasteiger partial charge < -0.3 is 5.11 Å². The van der Waals surface area contributed by atoms with Crippen LogP contribution in [0.25, 0.3) is 0 Å². The van der Waals surface area contributed by atoms with E-state index in [2.05, 4.69) is 0 Å². The predicted octanol–water partition coefficient (Wildman–Crippen LogP) is 0.567. The Hall–Kier alpha value is -0.550. The molecule has 2 unspecified atom stereocenters. The summed E-state index contributed by atoms with van der Waals surface area (Å²) in [5.41, 5.74) is 0. The highest BCUT2D eigenvalue weighted by Gasteiger charge is 2.42. The Morgan fingerprint density at radius 3 is 3.00 bits per heavy atom. The first-order chi connectivity index (χ1) is 6.70. The van der Waals surface area contributed by atoms with Crippen molar-refractivity contribution in [1.82, 2.24) is 4.90 Å². The molecule has 2 rings (SSSR count). The zero-order valence-electron chi connectivity index (χ0n) is 7.81. The second kappa shape index (κ2) is 3.90. The Kier molecular flexibility index (Phi) is 2.78. The third-order valence-corrected chi connectivity index (χ3v) is 4.12. The molecule has 0 aliphatic carbocycles. The van der Waals surface area contributed by atoms with Crippen molar-refractivity contribution in [3.63, 3.8) is 0 Å². The van der Waals surface area contributed by atoms with Gasteiger partial charge in [-0.15, -0.1) is 11.8 Å². The number of Topliss-reactive ketones (excluding diaryl/α,β-unsaturated/α-hetero) is 1. The molecule has 0 radical (unpaired) electrons. The van der Waals surface area contributed by atoms with Crippen molar-refractivity contribution < 1.29 is 14.7 Å². The number of carbonyl (C=O) groups is 2. The molecular weight excluding hydrogens is 202 g/mol. The molecule has 78 valence electrons. The van der Waals surface area contributed by atoms with Crippen molar-refractivity contribution in [1.29, 1.82) is 0 Å². The van der Waals surface area contributed by atoms with Gasteiger partial charge in [-0.2, -0.15) is 0 Å². The smallest absolute Gasteiger partial charge is 0.321 e. The summed E-state index contributed by atoms with van der Waals surface area (Å²) in [6, 6.07) is -0.452. The van der Waals surface area contributed by atoms with Gasteiger partial charge >= 0.3 is 5.97 Å². The van der Waals surface area contributed by atoms with Crippen LogP contribution in [0.2, 0.25) is 0 Å². The van der Waals surface area contributed by atoms with Crippen molar-refractivity contribution in [2.45, 2.75) is 30.7 Å². The van der Waals surface area contributed by atoms with Crippen LogP contribution in [0.5, 0.6) is 0 Å². The minimum atomic E-state index is -0.797. The maximum absolute atomic E-state index is 11.6. The summed E-state index contributed by atoms with van der Waals surface area (Å²) in [6.07, 6.45) is 2.45. The molecule has 0 spiro atoms. The number of hydrogen-bond donors (Lipinski definition) is 1. The van der Waals surface area contributed by atoms with E-state index in [9.17, 15) is 9.59 Å². The van der Waals surface area contributed by atoms with Crippen molar-refractivity contribution in [3.05, 3.63) is 0 Å². The molecule has 4 nitrogen and oxygen atoms in total. The highest BCUT2D eigenvalue weighted by Crippen LogP contribution is 2.33. The number of fused-ring (bicyclic) bond motifs is 1. The zero-order valence-corrected chi connectivity index (χ0v) is 8.63. The fraction of sp³-hybridized carbons (Fsp3) is 0.778. The fourth-order valence-corrected chi connectivity index (χ4v) is 3.46. The summed E-state index contributed by atoms with van der Waals surface area (Å²) in [7, 11) is 0. The Balaban J connectivity index is 2.16. The molecule has 2 saturated heterocycles. The van der Waals surface area contributed by atoms with Crippen molar-refractivity contribution in [2.24, 2.45) is 0 Å². The number of ketones is 1. The van der Waals surface area contributed by atoms with Crippen LogP contribution in [0.1, 0.15) is 19.3 Å². The minimum Gasteiger partial charge on any atom is -0.480 e. The average molecular weight is 215 g/mol. The molecule has 2 atom stereocenters. The van der Waals surface area contributed by atoms with Crippen LogP contribution in [0.15, 0.2) is 0 Å². The number of hydrogen-bond acceptors (Lipinski definition) is 4. The van der Waals surface area contributed by atoms with Gasteiger partial charge in [0.15, 0.2) is 5.78 Å². The van der Waals surface area contributed by atoms with E-state index in [-0.39, 0.29) is 11.2 Å². The van der Waals surface area contributed by atoms with Gasteiger partial charge in [0.25, 0.3) is 0 Å². The van der Waals surface area contributed by atoms with E-state index in [4.69, 9.17) is 5.11 Å². The summed E-state index contributed by atoms with van der Waals surface area (Å²) in [5, 5.41) is 8.78. The van der Waals surface area contributed by atoms with Gasteiger partial charge in [-0.05, 0) is 12.8 Å². The molecule has 0 amide bonds. The number of carbonyl (C=O) groups excluding carboxylic acids is 1. The highest BCUT2D eigenvalue weighted by atomic mass is 32.2. The molecule has 1 N–H and O–H groups in total. The lowest BCUT2D eigenvalue weighted by atomic mass is 10.2. The third-order valence-electron chi connectivity index (χ3n) is 2.76. The molecule has 0 bridgehead atoms. The van der Waals surface area contributed by atoms with Crippen LogP contribution in [0.4, 0.5) is 0 Å². The number of rotatable bonds is 1. The number of thioether (sulfide) groups is 1. The lowest BCUT2D eigenvalue weighted by Gasteiger charge is -2.23. The molecule has 2 heterocycles. The summed E-state index contributed by atoms with van der Waals surface area (Å²) < 4.78 is 0. The second-order valence-electron chi connectivity index (χ2n) is 3.70. The molecule has 5 heteroatoms. The standard InChI is InChI=1S/C9H13NO3S/c11-7-3-1-2-4-10-6(9(12)13)5-14-8(7)10/h6,8H,1-5H2,(H,12,13). The Morgan fingerprint density at radius 1 is 1.50 bits per heavy atom. The van der Waals surface area contributed by atoms with Gasteiger partial charge in [0.2, 0.25) is 0 Å². The topological polar surface area (TPSA) is 57.6 Å². The van der Waals surface area contributed by atoms with Gasteiger partial charge in [0, 0.05) is 18.7 Å². The molecule has 0 aromatic rings. The molecular formula is C9H13NO3S. The zero-order chi connectivity index (χ0) is 10.1. The number of carboxylic acid groups (broad SMARTS) is 1. The summed E-state index contributed by atoms with van der Waals surface area (Å²) in [5.74, 6) is -0.0444. The average Bonchev–Trinajstić information content (AvgIpc) is 2.48. The lowest BCUT2D eigenvalue weighted by Crippen LogP contribution is -2.43. The lowest BCUT2D eigenvalue weighted by molar-refractivity contribution is -0.142. The van der Waals surface area contributed by atoms with Gasteiger partial charge in [-0.1, -0.05) is 0 Å². The Morgan fingerprint density at radius 2 is 2.29 bits per heavy atom. The normalized spacial score (nSPS) is 33.9. The minimum absolute atomic E-state index is 0.182. The number of aliphatic carboxylic acids is 1. The first-order valence-corrected chi connectivity index (χ1v) is 5.88. The van der Waals surface area contributed by atoms with Crippen LogP contribution < -0.4 is 0 Å². The molecule has 0 aromatic carbocycles. The van der Waals surface area contributed by atoms with Gasteiger partial charge in [0.1, 0.15) is 11.4 Å². The van der Waals surface area contributed by atoms with Crippen LogP contribution in [-0.4, -0.2) is 45.5 Å². The molecule has 2 aliphatic rings. The van der Waals surface area contributed by atoms with E-state index in [1.807, 2.05) is 4.90 Å². The van der Waals surface area contributed by atoms with Gasteiger partial charge in [-0.25, -0.2) is 0 Å². The summed E-state index contributed by atoms with van der Waals surface area (Å²) >= 11 is 1.48. The first kappa shape index (κ1) is 9.98. The monoisotopic (exact) mass is 215 g/mol. The molecule has 0 aromatic heterocycles. The van der Waals surface area contributed by atoms with E-state index >= 15 is 0 Å². The maximum atomic E-state index is 11.6. The summed E-state index contributed by atoms with van der Waals surface area (Å²) in [6.45, 7) is 0.750. The van der Waals surface area contributed by atoms with Crippen LogP contribution in [0.3, 0.4) is 0 Å². The maximum Gasteiger partial charge on any atom is 0.321 e. The highest BCUT2D eigenvalue weighted by molar-refractivity contribution is 8.00. The molecule has 2 fully saturated rings. The van der Waals surface area contributed by atoms with E-state index in [0.29, 0.717) is 12.2 Å².